The minimum absolute atomic E-state index is 0. The first-order chi connectivity index (χ1) is 31.8. The van der Waals surface area contributed by atoms with E-state index in [1.54, 1.807) is 6.07 Å². The van der Waals surface area contributed by atoms with Gasteiger partial charge in [0.2, 0.25) is 0 Å². The molecule has 11 rings (SSSR count). The molecular formula is C60H63N4OPt-. The fourth-order valence-electron chi connectivity index (χ4n) is 9.89. The van der Waals surface area contributed by atoms with Gasteiger partial charge in [-0.05, 0) is 91.5 Å². The smallest absolute Gasteiger partial charge is 0.184 e. The third-order valence-electron chi connectivity index (χ3n) is 13.7. The molecule has 1 fully saturated rings. The first kappa shape index (κ1) is 42.1. The van der Waals surface area contributed by atoms with Crippen LogP contribution in [0.5, 0.6) is 11.5 Å². The number of rotatable bonds is 6. The molecule has 6 aromatic carbocycles. The van der Waals surface area contributed by atoms with E-state index in [1.807, 2.05) is 30.5 Å². The van der Waals surface area contributed by atoms with Crippen LogP contribution in [0, 0.1) is 25.7 Å². The van der Waals surface area contributed by atoms with Gasteiger partial charge in [0.1, 0.15) is 11.5 Å². The molecule has 0 radical (unpaired) electrons. The van der Waals surface area contributed by atoms with Crippen molar-refractivity contribution in [3.05, 3.63) is 174 Å². The van der Waals surface area contributed by atoms with Crippen molar-refractivity contribution in [2.24, 2.45) is 0 Å². The molecule has 3 aliphatic heterocycles. The van der Waals surface area contributed by atoms with E-state index in [-0.39, 0.29) is 42.7 Å². The van der Waals surface area contributed by atoms with E-state index in [9.17, 15) is 0 Å². The molecule has 5 heterocycles. The third-order valence-corrected chi connectivity index (χ3v) is 13.7. The number of hydrogen-bond acceptors (Lipinski definition) is 2. The number of pyridine rings is 1. The van der Waals surface area contributed by atoms with Gasteiger partial charge in [-0.2, -0.15) is 12.1 Å². The normalized spacial score (nSPS) is 19.1. The number of para-hydroxylation sites is 1. The molecule has 0 amide bonds. The fraction of sp³-hybridized carbons (Fsp3) is 0.300. The van der Waals surface area contributed by atoms with E-state index in [1.165, 1.54) is 27.8 Å². The van der Waals surface area contributed by atoms with Crippen molar-refractivity contribution in [2.75, 3.05) is 6.67 Å². The summed E-state index contributed by atoms with van der Waals surface area (Å²) in [5, 5.41) is 2.16. The predicted octanol–water partition coefficient (Wildman–Crippen LogP) is 16.1. The van der Waals surface area contributed by atoms with Crippen LogP contribution in [0.15, 0.2) is 128 Å². The molecule has 0 saturated carbocycles. The van der Waals surface area contributed by atoms with Gasteiger partial charge in [0.05, 0.1) is 6.67 Å². The molecule has 0 aliphatic carbocycles. The van der Waals surface area contributed by atoms with Crippen molar-refractivity contribution >= 4 is 44.6 Å². The maximum atomic E-state index is 8.64. The molecule has 8 aromatic rings. The molecule has 66 heavy (non-hydrogen) atoms. The van der Waals surface area contributed by atoms with Crippen LogP contribution >= 0.6 is 0 Å². The van der Waals surface area contributed by atoms with Gasteiger partial charge in [0, 0.05) is 71.8 Å². The summed E-state index contributed by atoms with van der Waals surface area (Å²) in [5.74, 6) is 1.92. The Morgan fingerprint density at radius 2 is 1.26 bits per heavy atom. The zero-order valence-corrected chi connectivity index (χ0v) is 42.7. The van der Waals surface area contributed by atoms with Crippen LogP contribution in [0.25, 0.3) is 38.8 Å². The number of benzene rings is 6. The van der Waals surface area contributed by atoms with Gasteiger partial charge in [-0.15, -0.1) is 29.7 Å². The summed E-state index contributed by atoms with van der Waals surface area (Å²) in [6.07, 6.45) is 1.90. The summed E-state index contributed by atoms with van der Waals surface area (Å²) in [4.78, 5) is 4.97. The molecule has 5 nitrogen and oxygen atoms in total. The van der Waals surface area contributed by atoms with Gasteiger partial charge in [0.25, 0.3) is 0 Å². The van der Waals surface area contributed by atoms with E-state index < -0.39 is 6.85 Å². The summed E-state index contributed by atoms with van der Waals surface area (Å²) < 4.78 is 35.6. The zero-order valence-electron chi connectivity index (χ0n) is 43.4. The van der Waals surface area contributed by atoms with E-state index in [2.05, 4.69) is 197 Å². The number of nitrogens with zero attached hydrogens (tertiary/aromatic N) is 4. The first-order valence-electron chi connectivity index (χ1n) is 24.5. The minimum atomic E-state index is -2.29. The second-order valence-corrected chi connectivity index (χ2v) is 22.6. The largest absolute Gasteiger partial charge is 0.509 e. The maximum Gasteiger partial charge on any atom is 0.184 e. The Labute approximate surface area is 411 Å². The van der Waals surface area contributed by atoms with Crippen LogP contribution in [0.4, 0.5) is 22.7 Å². The van der Waals surface area contributed by atoms with Crippen molar-refractivity contribution in [1.82, 2.24) is 18.5 Å². The standard InChI is InChI=1S/C60H63N4O.Pt/c1-39-17-14-22-54-56(39)64(46-19-15-18-42(33-46)57(2,3)4)37-63(54,38-64)47-20-16-21-48(35-47)65-49-24-25-50-51-31-40(41-29-44(59(8,9)10)32-45(30-41)60(11,12)13)23-26-52(51)62(53(50)36-49)55-34-43(27-28-61-55)58(5,6)7;/h14-34,37H,38H2,1-13H3;/q-1;/t63-,64+;/m1./s1/i1D3;. The molecular weight excluding hydrogens is 988 g/mol. The van der Waals surface area contributed by atoms with Gasteiger partial charge in [-0.3, -0.25) is 4.48 Å². The van der Waals surface area contributed by atoms with E-state index in [4.69, 9.17) is 13.8 Å². The molecule has 1 saturated heterocycles. The topological polar surface area (TPSA) is 27.1 Å². The molecule has 0 spiro atoms. The van der Waals surface area contributed by atoms with E-state index >= 15 is 0 Å². The molecule has 0 unspecified atom stereocenters. The molecule has 2 aromatic heterocycles. The van der Waals surface area contributed by atoms with Crippen molar-refractivity contribution in [2.45, 2.75) is 112 Å². The first-order valence-corrected chi connectivity index (χ1v) is 23.0. The molecule has 2 bridgehead atoms. The molecule has 340 valence electrons. The molecule has 0 N–H and O–H groups in total. The summed E-state index contributed by atoms with van der Waals surface area (Å²) in [6, 6.07) is 50.0. The summed E-state index contributed by atoms with van der Waals surface area (Å²) in [5.41, 5.74) is 13.2. The Morgan fingerprint density at radius 3 is 1.94 bits per heavy atom. The second-order valence-electron chi connectivity index (χ2n) is 22.6. The summed E-state index contributed by atoms with van der Waals surface area (Å²) in [7, 11) is 0. The zero-order chi connectivity index (χ0) is 48.6. The SMILES string of the molecule is [2H]C([2H])([2H])c1cccc2c1[N@@+]1(c3cccc(C(C)(C)C)c3)[CH-][N@+]2(c2[c-]c(Oc3[c-]c4c(cc3)c3cc(-c5cc(C(C)(C)C)cc(C(C)(C)C)c5)ccc3n4-c3cc(C(C)(C)C)ccn3)ccc2)C1.[Pt]. The van der Waals surface area contributed by atoms with Gasteiger partial charge in [-0.25, -0.2) is 4.98 Å². The number of quaternary nitrogens is 2. The molecule has 3 aliphatic rings. The number of aromatic nitrogens is 2. The van der Waals surface area contributed by atoms with Crippen LogP contribution in [-0.4, -0.2) is 16.2 Å². The quantitative estimate of drug-likeness (QED) is 0.123. The number of ether oxygens (including phenoxy) is 1. The Balaban J connectivity index is 0.00000593. The van der Waals surface area contributed by atoms with E-state index in [0.29, 0.717) is 32.7 Å². The number of aryl methyl sites for hydroxylation is 1. The number of fused-ring (bicyclic) bond motifs is 3. The Bertz CT molecular complexity index is 3280. The van der Waals surface area contributed by atoms with Gasteiger partial charge >= 0.3 is 0 Å². The van der Waals surface area contributed by atoms with Crippen molar-refractivity contribution in [3.63, 3.8) is 0 Å². The molecule has 6 heteroatoms. The van der Waals surface area contributed by atoms with Crippen molar-refractivity contribution < 1.29 is 29.9 Å². The van der Waals surface area contributed by atoms with Crippen LogP contribution in [0.1, 0.15) is 115 Å². The maximum absolute atomic E-state index is 8.64. The van der Waals surface area contributed by atoms with Crippen LogP contribution in [0.2, 0.25) is 0 Å². The fourth-order valence-corrected chi connectivity index (χ4v) is 9.89. The van der Waals surface area contributed by atoms with Crippen LogP contribution < -0.4 is 13.7 Å². The van der Waals surface area contributed by atoms with Gasteiger partial charge < -0.3 is 13.8 Å². The Morgan fingerprint density at radius 1 is 0.606 bits per heavy atom. The van der Waals surface area contributed by atoms with Gasteiger partial charge in [0.15, 0.2) is 18.0 Å². The van der Waals surface area contributed by atoms with Crippen LogP contribution in [0.3, 0.4) is 0 Å². The van der Waals surface area contributed by atoms with Gasteiger partial charge in [-0.1, -0.05) is 149 Å². The Kier molecular flexibility index (Phi) is 9.96. The molecule has 2 atom stereocenters. The summed E-state index contributed by atoms with van der Waals surface area (Å²) >= 11 is 0. The van der Waals surface area contributed by atoms with Crippen molar-refractivity contribution in [1.29, 1.82) is 0 Å². The third kappa shape index (κ3) is 7.56. The average Bonchev–Trinajstić information content (AvgIpc) is 3.86. The predicted molar refractivity (Wildman–Crippen MR) is 273 cm³/mol. The minimum Gasteiger partial charge on any atom is -0.509 e. The second kappa shape index (κ2) is 15.6. The average molecular weight is 1050 g/mol. The monoisotopic (exact) mass is 1050 g/mol. The van der Waals surface area contributed by atoms with Crippen molar-refractivity contribution in [3.8, 4) is 28.4 Å². The Hall–Kier alpha value is -5.32. The van der Waals surface area contributed by atoms with Crippen LogP contribution in [-0.2, 0) is 42.7 Å². The number of hydrogen-bond donors (Lipinski definition) is 0. The summed E-state index contributed by atoms with van der Waals surface area (Å²) in [6.45, 7) is 27.6. The van der Waals surface area contributed by atoms with E-state index in [0.717, 1.165) is 55.9 Å².